The maximum Gasteiger partial charge on any atom is 0.123 e. The summed E-state index contributed by atoms with van der Waals surface area (Å²) < 4.78 is 12.8. The molecule has 0 aromatic heterocycles. The third-order valence-electron chi connectivity index (χ3n) is 2.90. The van der Waals surface area contributed by atoms with Crippen molar-refractivity contribution in [3.63, 3.8) is 0 Å². The monoisotopic (exact) mass is 194 g/mol. The first kappa shape index (κ1) is 9.66. The summed E-state index contributed by atoms with van der Waals surface area (Å²) >= 11 is 0. The van der Waals surface area contributed by atoms with Gasteiger partial charge < -0.3 is 5.11 Å². The molecule has 0 bridgehead atoms. The van der Waals surface area contributed by atoms with Crippen LogP contribution in [0.15, 0.2) is 18.2 Å². The Balaban J connectivity index is 2.07. The minimum Gasteiger partial charge on any atom is -0.392 e. The fraction of sp³-hybridized carbons (Fsp3) is 0.500. The van der Waals surface area contributed by atoms with E-state index in [0.717, 1.165) is 24.0 Å². The predicted molar refractivity (Wildman–Crippen MR) is 53.6 cm³/mol. The number of aryl methyl sites for hydroxylation is 1. The molecule has 0 spiro atoms. The second kappa shape index (κ2) is 3.70. The van der Waals surface area contributed by atoms with Gasteiger partial charge in [-0.1, -0.05) is 6.07 Å². The Labute approximate surface area is 83.6 Å². The fourth-order valence-corrected chi connectivity index (χ4v) is 1.76. The van der Waals surface area contributed by atoms with Crippen LogP contribution in [-0.2, 0) is 6.42 Å². The van der Waals surface area contributed by atoms with E-state index in [1.54, 1.807) is 6.07 Å². The van der Waals surface area contributed by atoms with Crippen molar-refractivity contribution < 1.29 is 9.50 Å². The zero-order chi connectivity index (χ0) is 10.1. The Morgan fingerprint density at radius 2 is 2.21 bits per heavy atom. The molecule has 0 amide bonds. The van der Waals surface area contributed by atoms with E-state index in [9.17, 15) is 9.50 Å². The third-order valence-corrected chi connectivity index (χ3v) is 2.90. The Bertz CT molecular complexity index is 331. The molecule has 14 heavy (non-hydrogen) atoms. The van der Waals surface area contributed by atoms with Crippen LogP contribution in [0.1, 0.15) is 24.0 Å². The highest BCUT2D eigenvalue weighted by Gasteiger charge is 2.29. The van der Waals surface area contributed by atoms with Gasteiger partial charge in [-0.2, -0.15) is 0 Å². The van der Waals surface area contributed by atoms with Crippen LogP contribution in [0.2, 0.25) is 0 Å². The minimum atomic E-state index is -0.237. The van der Waals surface area contributed by atoms with Gasteiger partial charge in [-0.25, -0.2) is 4.39 Å². The second-order valence-corrected chi connectivity index (χ2v) is 4.18. The quantitative estimate of drug-likeness (QED) is 0.783. The molecular weight excluding hydrogens is 179 g/mol. The molecule has 1 nitrogen and oxygen atoms in total. The van der Waals surface area contributed by atoms with Gasteiger partial charge in [0.2, 0.25) is 0 Å². The summed E-state index contributed by atoms with van der Waals surface area (Å²) in [7, 11) is 0. The lowest BCUT2D eigenvalue weighted by molar-refractivity contribution is 0.151. The van der Waals surface area contributed by atoms with Crippen molar-refractivity contribution in [3.8, 4) is 0 Å². The van der Waals surface area contributed by atoms with E-state index in [2.05, 4.69) is 0 Å². The van der Waals surface area contributed by atoms with Gasteiger partial charge in [0.05, 0.1) is 6.10 Å². The predicted octanol–water partition coefficient (Wildman–Crippen LogP) is 2.45. The Morgan fingerprint density at radius 3 is 2.79 bits per heavy atom. The molecule has 1 saturated carbocycles. The lowest BCUT2D eigenvalue weighted by atomic mass is 10.0. The van der Waals surface area contributed by atoms with Crippen molar-refractivity contribution in [2.45, 2.75) is 32.3 Å². The lowest BCUT2D eigenvalue weighted by Gasteiger charge is -2.11. The maximum absolute atomic E-state index is 12.8. The molecule has 2 rings (SSSR count). The van der Waals surface area contributed by atoms with E-state index in [4.69, 9.17) is 0 Å². The number of halogens is 1. The van der Waals surface area contributed by atoms with Crippen LogP contribution in [0.3, 0.4) is 0 Å². The molecule has 1 fully saturated rings. The zero-order valence-electron chi connectivity index (χ0n) is 8.33. The van der Waals surface area contributed by atoms with E-state index >= 15 is 0 Å². The number of hydrogen-bond donors (Lipinski definition) is 1. The molecule has 0 heterocycles. The van der Waals surface area contributed by atoms with Crippen LogP contribution in [0.4, 0.5) is 4.39 Å². The van der Waals surface area contributed by atoms with Crippen LogP contribution < -0.4 is 0 Å². The average Bonchev–Trinajstić information content (AvgIpc) is 2.92. The molecule has 0 aliphatic heterocycles. The Morgan fingerprint density at radius 1 is 1.50 bits per heavy atom. The number of rotatable bonds is 3. The maximum atomic E-state index is 12.8. The van der Waals surface area contributed by atoms with Gasteiger partial charge in [0.25, 0.3) is 0 Å². The summed E-state index contributed by atoms with van der Waals surface area (Å²) in [6.07, 6.45) is 2.71. The molecule has 76 valence electrons. The van der Waals surface area contributed by atoms with Crippen molar-refractivity contribution in [1.82, 2.24) is 0 Å². The molecule has 1 atom stereocenters. The van der Waals surface area contributed by atoms with E-state index < -0.39 is 0 Å². The Hall–Kier alpha value is -0.890. The number of aliphatic hydroxyl groups excluding tert-OH is 1. The topological polar surface area (TPSA) is 20.2 Å². The number of hydrogen-bond acceptors (Lipinski definition) is 1. The molecular formula is C12H15FO. The van der Waals surface area contributed by atoms with Crippen molar-refractivity contribution in [1.29, 1.82) is 0 Å². The minimum absolute atomic E-state index is 0.202. The first-order valence-corrected chi connectivity index (χ1v) is 5.10. The van der Waals surface area contributed by atoms with E-state index in [-0.39, 0.29) is 11.9 Å². The van der Waals surface area contributed by atoms with E-state index in [0.29, 0.717) is 12.3 Å². The van der Waals surface area contributed by atoms with Gasteiger partial charge in [-0.15, -0.1) is 0 Å². The van der Waals surface area contributed by atoms with Gasteiger partial charge in [0.1, 0.15) is 5.82 Å². The van der Waals surface area contributed by atoms with E-state index in [1.165, 1.54) is 12.1 Å². The lowest BCUT2D eigenvalue weighted by Crippen LogP contribution is -2.13. The molecule has 1 aliphatic carbocycles. The largest absolute Gasteiger partial charge is 0.392 e. The van der Waals surface area contributed by atoms with Crippen LogP contribution >= 0.6 is 0 Å². The van der Waals surface area contributed by atoms with Crippen molar-refractivity contribution in [2.75, 3.05) is 0 Å². The standard InChI is InChI=1S/C12H15FO/c1-8-6-11(13)5-4-10(8)7-12(14)9-2-3-9/h4-6,9,12,14H,2-3,7H2,1H3. The molecule has 0 radical (unpaired) electrons. The van der Waals surface area contributed by atoms with Gasteiger partial charge in [0.15, 0.2) is 0 Å². The van der Waals surface area contributed by atoms with Crippen molar-refractivity contribution >= 4 is 0 Å². The SMILES string of the molecule is Cc1cc(F)ccc1CC(O)C1CC1. The molecule has 1 unspecified atom stereocenters. The fourth-order valence-electron chi connectivity index (χ4n) is 1.76. The molecule has 2 heteroatoms. The molecule has 0 saturated heterocycles. The van der Waals surface area contributed by atoms with Crippen LogP contribution in [0.5, 0.6) is 0 Å². The van der Waals surface area contributed by atoms with Crippen LogP contribution in [0, 0.1) is 18.7 Å². The summed E-state index contributed by atoms with van der Waals surface area (Å²) in [5.41, 5.74) is 2.00. The summed E-state index contributed by atoms with van der Waals surface area (Å²) in [5.74, 6) is 0.284. The zero-order valence-corrected chi connectivity index (χ0v) is 8.33. The first-order valence-electron chi connectivity index (χ1n) is 5.10. The highest BCUT2D eigenvalue weighted by atomic mass is 19.1. The van der Waals surface area contributed by atoms with Crippen LogP contribution in [-0.4, -0.2) is 11.2 Å². The summed E-state index contributed by atoms with van der Waals surface area (Å²) in [6, 6.07) is 4.76. The van der Waals surface area contributed by atoms with Gasteiger partial charge in [-0.3, -0.25) is 0 Å². The van der Waals surface area contributed by atoms with Gasteiger partial charge >= 0.3 is 0 Å². The van der Waals surface area contributed by atoms with Crippen molar-refractivity contribution in [2.24, 2.45) is 5.92 Å². The second-order valence-electron chi connectivity index (χ2n) is 4.18. The smallest absolute Gasteiger partial charge is 0.123 e. The molecule has 1 N–H and O–H groups in total. The van der Waals surface area contributed by atoms with Gasteiger partial charge in [-0.05, 0) is 55.4 Å². The van der Waals surface area contributed by atoms with Gasteiger partial charge in [0, 0.05) is 0 Å². The number of benzene rings is 1. The molecule has 1 aliphatic rings. The highest BCUT2D eigenvalue weighted by molar-refractivity contribution is 5.27. The summed E-state index contributed by atoms with van der Waals surface area (Å²) in [6.45, 7) is 1.89. The first-order chi connectivity index (χ1) is 6.66. The van der Waals surface area contributed by atoms with E-state index in [1.807, 2.05) is 6.92 Å². The summed E-state index contributed by atoms with van der Waals surface area (Å²) in [5, 5.41) is 9.74. The average molecular weight is 194 g/mol. The normalized spacial score (nSPS) is 18.2. The third kappa shape index (κ3) is 2.13. The highest BCUT2D eigenvalue weighted by Crippen LogP contribution is 2.34. The number of aliphatic hydroxyl groups is 1. The Kier molecular flexibility index (Phi) is 2.55. The van der Waals surface area contributed by atoms with Crippen LogP contribution in [0.25, 0.3) is 0 Å². The molecule has 1 aromatic carbocycles. The van der Waals surface area contributed by atoms with Crippen molar-refractivity contribution in [3.05, 3.63) is 35.1 Å². The summed E-state index contributed by atoms with van der Waals surface area (Å²) in [4.78, 5) is 0. The molecule has 1 aromatic rings.